The number of benzene rings is 3. The van der Waals surface area contributed by atoms with Gasteiger partial charge in [0.2, 0.25) is 0 Å². The summed E-state index contributed by atoms with van der Waals surface area (Å²) in [5.41, 5.74) is 4.27. The van der Waals surface area contributed by atoms with Crippen LogP contribution in [0.2, 0.25) is 0 Å². The van der Waals surface area contributed by atoms with Crippen molar-refractivity contribution in [3.8, 4) is 5.75 Å². The Morgan fingerprint density at radius 1 is 1.07 bits per heavy atom. The van der Waals surface area contributed by atoms with E-state index in [0.29, 0.717) is 29.2 Å². The average molecular weight is 624 g/mol. The van der Waals surface area contributed by atoms with Gasteiger partial charge in [-0.25, -0.2) is 9.78 Å². The fourth-order valence-corrected chi connectivity index (χ4v) is 6.00. The van der Waals surface area contributed by atoms with Crippen LogP contribution in [0.25, 0.3) is 5.76 Å². The van der Waals surface area contributed by atoms with Crippen LogP contribution in [-0.2, 0) is 20.9 Å². The van der Waals surface area contributed by atoms with Gasteiger partial charge < -0.3 is 19.5 Å². The molecule has 4 aromatic rings. The van der Waals surface area contributed by atoms with E-state index in [2.05, 4.69) is 11.6 Å². The Morgan fingerprint density at radius 3 is 2.42 bits per heavy atom. The molecule has 2 heterocycles. The second-order valence-corrected chi connectivity index (χ2v) is 11.7. The summed E-state index contributed by atoms with van der Waals surface area (Å²) in [7, 11) is 3.81. The first-order valence-corrected chi connectivity index (χ1v) is 15.0. The molecule has 1 N–H and O–H groups in total. The lowest BCUT2D eigenvalue weighted by Gasteiger charge is -2.23. The maximum absolute atomic E-state index is 13.6. The van der Waals surface area contributed by atoms with Crippen LogP contribution in [-0.4, -0.2) is 48.5 Å². The molecule has 1 unspecified atom stereocenters. The van der Waals surface area contributed by atoms with Gasteiger partial charge in [-0.15, -0.1) is 0 Å². The fraction of sp³-hybridized carbons (Fsp3) is 0.200. The number of hydrogen-bond acceptors (Lipinski definition) is 9. The highest BCUT2D eigenvalue weighted by Gasteiger charge is 2.48. The highest BCUT2D eigenvalue weighted by Crippen LogP contribution is 2.44. The number of aromatic nitrogens is 1. The number of aryl methyl sites for hydroxylation is 2. The number of anilines is 2. The minimum atomic E-state index is -0.999. The molecule has 0 spiro atoms. The van der Waals surface area contributed by atoms with E-state index in [1.165, 1.54) is 11.0 Å². The Bertz CT molecular complexity index is 1790. The number of thiazole rings is 1. The van der Waals surface area contributed by atoms with E-state index < -0.39 is 23.7 Å². The number of aliphatic hydroxyl groups excluding tert-OH is 1. The topological polar surface area (TPSA) is 109 Å². The normalized spacial score (nSPS) is 15.6. The van der Waals surface area contributed by atoms with Gasteiger partial charge in [-0.3, -0.25) is 14.5 Å². The molecule has 0 aliphatic carbocycles. The van der Waals surface area contributed by atoms with Gasteiger partial charge in [-0.2, -0.15) is 0 Å². The molecule has 1 amide bonds. The van der Waals surface area contributed by atoms with E-state index in [1.807, 2.05) is 62.3 Å². The average Bonchev–Trinajstić information content (AvgIpc) is 3.54. The first-order valence-electron chi connectivity index (χ1n) is 14.2. The maximum Gasteiger partial charge on any atom is 0.350 e. The highest BCUT2D eigenvalue weighted by molar-refractivity contribution is 7.17. The molecule has 5 rings (SSSR count). The van der Waals surface area contributed by atoms with Crippen molar-refractivity contribution in [2.24, 2.45) is 0 Å². The molecule has 1 aliphatic heterocycles. The molecule has 1 aliphatic rings. The lowest BCUT2D eigenvalue weighted by Crippen LogP contribution is -2.29. The second kappa shape index (κ2) is 13.2. The van der Waals surface area contributed by atoms with Crippen LogP contribution in [0.1, 0.15) is 43.7 Å². The molecule has 230 valence electrons. The molecule has 10 heteroatoms. The molecule has 0 radical (unpaired) electrons. The van der Waals surface area contributed by atoms with E-state index in [4.69, 9.17) is 9.47 Å². The van der Waals surface area contributed by atoms with Crippen molar-refractivity contribution in [3.63, 3.8) is 0 Å². The van der Waals surface area contributed by atoms with Gasteiger partial charge in [0.25, 0.3) is 5.78 Å². The Hall–Kier alpha value is -5.22. The highest BCUT2D eigenvalue weighted by atomic mass is 32.1. The van der Waals surface area contributed by atoms with Crippen molar-refractivity contribution >= 4 is 45.6 Å². The van der Waals surface area contributed by atoms with Crippen molar-refractivity contribution < 1.29 is 29.0 Å². The standard InChI is InChI=1S/C35H33N3O6S/c1-6-18-43-34(42)32-22(3)36-35(45-32)38-29(24-10-14-26(15-11-24)37(4)5)28(31(40)33(38)41)30(39)25-12-16-27(17-13-25)44-20-23-9-7-8-21(2)19-23/h6-17,19,29,39H,1,18,20H2,2-5H3. The first-order chi connectivity index (χ1) is 21.6. The van der Waals surface area contributed by atoms with E-state index in [-0.39, 0.29) is 27.9 Å². The summed E-state index contributed by atoms with van der Waals surface area (Å²) in [6.45, 7) is 7.59. The SMILES string of the molecule is C=CCOC(=O)c1sc(N2C(=O)C(=O)C(=C(O)c3ccc(OCc4cccc(C)c4)cc3)C2c2ccc(N(C)C)cc2)nc1C. The number of Topliss-reactive ketones (excluding diaryl/α,β-unsaturated/α-hetero) is 1. The lowest BCUT2D eigenvalue weighted by atomic mass is 9.95. The van der Waals surface area contributed by atoms with Crippen molar-refractivity contribution in [1.29, 1.82) is 0 Å². The number of carbonyl (C=O) groups excluding carboxylic acids is 3. The first kappa shape index (κ1) is 31.2. The third kappa shape index (κ3) is 6.51. The molecule has 1 fully saturated rings. The van der Waals surface area contributed by atoms with E-state index in [9.17, 15) is 19.5 Å². The van der Waals surface area contributed by atoms with E-state index in [1.54, 1.807) is 43.3 Å². The van der Waals surface area contributed by atoms with Crippen LogP contribution >= 0.6 is 11.3 Å². The molecule has 0 saturated carbocycles. The van der Waals surface area contributed by atoms with Crippen LogP contribution in [0, 0.1) is 13.8 Å². The van der Waals surface area contributed by atoms with Crippen LogP contribution in [0.3, 0.4) is 0 Å². The summed E-state index contributed by atoms with van der Waals surface area (Å²) < 4.78 is 11.1. The second-order valence-electron chi connectivity index (χ2n) is 10.8. The quantitative estimate of drug-likeness (QED) is 0.0713. The van der Waals surface area contributed by atoms with Crippen LogP contribution in [0.5, 0.6) is 5.75 Å². The molecule has 45 heavy (non-hydrogen) atoms. The van der Waals surface area contributed by atoms with Gasteiger partial charge >= 0.3 is 11.9 Å². The van der Waals surface area contributed by atoms with Gasteiger partial charge in [0.1, 0.15) is 29.6 Å². The third-order valence-electron chi connectivity index (χ3n) is 7.29. The monoisotopic (exact) mass is 623 g/mol. The number of nitrogens with zero attached hydrogens (tertiary/aromatic N) is 3. The zero-order chi connectivity index (χ0) is 32.2. The molecular weight excluding hydrogens is 590 g/mol. The van der Waals surface area contributed by atoms with E-state index in [0.717, 1.165) is 28.2 Å². The summed E-state index contributed by atoms with van der Waals surface area (Å²) in [6, 6.07) is 21.0. The van der Waals surface area contributed by atoms with Crippen molar-refractivity contribution in [2.75, 3.05) is 30.5 Å². The van der Waals surface area contributed by atoms with Crippen molar-refractivity contribution in [1.82, 2.24) is 4.98 Å². The Balaban J connectivity index is 1.53. The Kier molecular flexibility index (Phi) is 9.15. The summed E-state index contributed by atoms with van der Waals surface area (Å²) in [6.07, 6.45) is 1.45. The molecule has 1 saturated heterocycles. The van der Waals surface area contributed by atoms with Crippen molar-refractivity contribution in [2.45, 2.75) is 26.5 Å². The number of hydrogen-bond donors (Lipinski definition) is 1. The van der Waals surface area contributed by atoms with Gasteiger partial charge in [0, 0.05) is 25.3 Å². The number of ketones is 1. The van der Waals surface area contributed by atoms with Crippen LogP contribution in [0.15, 0.2) is 91.0 Å². The lowest BCUT2D eigenvalue weighted by molar-refractivity contribution is -0.132. The maximum atomic E-state index is 13.6. The number of esters is 1. The summed E-state index contributed by atoms with van der Waals surface area (Å²) in [4.78, 5) is 47.7. The van der Waals surface area contributed by atoms with Crippen molar-refractivity contribution in [3.05, 3.63) is 124 Å². The zero-order valence-electron chi connectivity index (χ0n) is 25.4. The minimum Gasteiger partial charge on any atom is -0.507 e. The smallest absolute Gasteiger partial charge is 0.350 e. The number of aliphatic hydroxyl groups is 1. The van der Waals surface area contributed by atoms with Gasteiger partial charge in [-0.05, 0) is 61.4 Å². The summed E-state index contributed by atoms with van der Waals surface area (Å²) in [5.74, 6) is -2.09. The molecule has 1 atom stereocenters. The Morgan fingerprint density at radius 2 is 1.78 bits per heavy atom. The third-order valence-corrected chi connectivity index (χ3v) is 8.43. The summed E-state index contributed by atoms with van der Waals surface area (Å²) >= 11 is 0.947. The molecule has 9 nitrogen and oxygen atoms in total. The molecule has 0 bridgehead atoms. The van der Waals surface area contributed by atoms with Gasteiger partial charge in [0.15, 0.2) is 5.13 Å². The number of carbonyl (C=O) groups is 3. The van der Waals surface area contributed by atoms with Crippen LogP contribution < -0.4 is 14.5 Å². The van der Waals surface area contributed by atoms with Gasteiger partial charge in [0.05, 0.1) is 17.3 Å². The van der Waals surface area contributed by atoms with Gasteiger partial charge in [-0.1, -0.05) is 66.0 Å². The molecule has 3 aromatic carbocycles. The zero-order valence-corrected chi connectivity index (χ0v) is 26.3. The molecule has 1 aromatic heterocycles. The molecular formula is C35H33N3O6S. The number of ether oxygens (including phenoxy) is 2. The van der Waals surface area contributed by atoms with E-state index >= 15 is 0 Å². The fourth-order valence-electron chi connectivity index (χ4n) is 5.01. The van der Waals surface area contributed by atoms with Crippen LogP contribution in [0.4, 0.5) is 10.8 Å². The number of rotatable bonds is 10. The number of amides is 1. The summed E-state index contributed by atoms with van der Waals surface area (Å²) in [5, 5.41) is 11.7. The minimum absolute atomic E-state index is 0.0179. The predicted molar refractivity (Wildman–Crippen MR) is 175 cm³/mol. The Labute approximate surface area is 265 Å². The largest absolute Gasteiger partial charge is 0.507 e. The predicted octanol–water partition coefficient (Wildman–Crippen LogP) is 6.37.